The largest absolute Gasteiger partial charge is 0.352 e. The first-order valence-electron chi connectivity index (χ1n) is 5.45. The standard InChI is InChI=1S/C10H24N2O2/c1-4-11-6-8-13-10(3)14-9-7-12-5-2/h10-12H,4-9H2,1-3H3. The summed E-state index contributed by atoms with van der Waals surface area (Å²) >= 11 is 0. The SMILES string of the molecule is CCNCCOC(C)OCCNCC. The van der Waals surface area contributed by atoms with Gasteiger partial charge in [-0.1, -0.05) is 13.8 Å². The maximum atomic E-state index is 5.41. The van der Waals surface area contributed by atoms with Gasteiger partial charge in [-0.2, -0.15) is 0 Å². The molecular weight excluding hydrogens is 180 g/mol. The van der Waals surface area contributed by atoms with Gasteiger partial charge in [-0.15, -0.1) is 0 Å². The molecule has 0 aliphatic rings. The molecule has 14 heavy (non-hydrogen) atoms. The molecule has 4 heteroatoms. The van der Waals surface area contributed by atoms with Gasteiger partial charge < -0.3 is 20.1 Å². The van der Waals surface area contributed by atoms with Crippen LogP contribution in [-0.2, 0) is 9.47 Å². The average Bonchev–Trinajstić information content (AvgIpc) is 2.19. The van der Waals surface area contributed by atoms with E-state index in [2.05, 4.69) is 24.5 Å². The molecule has 4 nitrogen and oxygen atoms in total. The molecule has 86 valence electrons. The van der Waals surface area contributed by atoms with Gasteiger partial charge in [-0.25, -0.2) is 0 Å². The van der Waals surface area contributed by atoms with Gasteiger partial charge in [0.25, 0.3) is 0 Å². The molecule has 0 radical (unpaired) electrons. The fourth-order valence-corrected chi connectivity index (χ4v) is 0.996. The maximum Gasteiger partial charge on any atom is 0.154 e. The number of nitrogens with one attached hydrogen (secondary N) is 2. The van der Waals surface area contributed by atoms with Crippen LogP contribution in [0.3, 0.4) is 0 Å². The maximum absolute atomic E-state index is 5.41. The van der Waals surface area contributed by atoms with E-state index in [0.29, 0.717) is 13.2 Å². The molecule has 0 spiro atoms. The Bertz CT molecular complexity index is 100. The normalized spacial score (nSPS) is 11.1. The van der Waals surface area contributed by atoms with E-state index >= 15 is 0 Å². The summed E-state index contributed by atoms with van der Waals surface area (Å²) in [7, 11) is 0. The molecule has 0 unspecified atom stereocenters. The summed E-state index contributed by atoms with van der Waals surface area (Å²) in [5.74, 6) is 0. The lowest BCUT2D eigenvalue weighted by Crippen LogP contribution is -2.26. The molecule has 0 aliphatic heterocycles. The van der Waals surface area contributed by atoms with E-state index in [0.717, 1.165) is 26.2 Å². The van der Waals surface area contributed by atoms with Crippen molar-refractivity contribution in [2.75, 3.05) is 39.4 Å². The van der Waals surface area contributed by atoms with Gasteiger partial charge in [-0.3, -0.25) is 0 Å². The zero-order chi connectivity index (χ0) is 10.6. The Morgan fingerprint density at radius 1 is 0.929 bits per heavy atom. The topological polar surface area (TPSA) is 42.5 Å². The van der Waals surface area contributed by atoms with Crippen LogP contribution in [0.2, 0.25) is 0 Å². The van der Waals surface area contributed by atoms with E-state index in [1.165, 1.54) is 0 Å². The van der Waals surface area contributed by atoms with Crippen molar-refractivity contribution in [1.82, 2.24) is 10.6 Å². The second-order valence-electron chi connectivity index (χ2n) is 3.02. The molecule has 0 saturated carbocycles. The Morgan fingerprint density at radius 3 is 1.71 bits per heavy atom. The second-order valence-corrected chi connectivity index (χ2v) is 3.02. The fraction of sp³-hybridized carbons (Fsp3) is 1.00. The molecule has 0 aromatic carbocycles. The molecule has 0 aromatic heterocycles. The highest BCUT2D eigenvalue weighted by Gasteiger charge is 2.00. The Morgan fingerprint density at radius 2 is 1.36 bits per heavy atom. The molecule has 0 heterocycles. The van der Waals surface area contributed by atoms with Gasteiger partial charge in [0.1, 0.15) is 0 Å². The van der Waals surface area contributed by atoms with Crippen LogP contribution in [0.1, 0.15) is 20.8 Å². The molecule has 0 fully saturated rings. The fourth-order valence-electron chi connectivity index (χ4n) is 0.996. The van der Waals surface area contributed by atoms with Gasteiger partial charge >= 0.3 is 0 Å². The van der Waals surface area contributed by atoms with E-state index in [9.17, 15) is 0 Å². The summed E-state index contributed by atoms with van der Waals surface area (Å²) in [6.07, 6.45) is -0.104. The lowest BCUT2D eigenvalue weighted by atomic mass is 10.6. The number of hydrogen-bond donors (Lipinski definition) is 2. The predicted molar refractivity (Wildman–Crippen MR) is 58.5 cm³/mol. The van der Waals surface area contributed by atoms with Crippen molar-refractivity contribution in [1.29, 1.82) is 0 Å². The lowest BCUT2D eigenvalue weighted by Gasteiger charge is -2.14. The van der Waals surface area contributed by atoms with Crippen molar-refractivity contribution in [2.45, 2.75) is 27.1 Å². The van der Waals surface area contributed by atoms with Crippen molar-refractivity contribution in [3.05, 3.63) is 0 Å². The highest BCUT2D eigenvalue weighted by molar-refractivity contribution is 4.43. The molecule has 0 bridgehead atoms. The van der Waals surface area contributed by atoms with Crippen molar-refractivity contribution >= 4 is 0 Å². The summed E-state index contributed by atoms with van der Waals surface area (Å²) in [6, 6.07) is 0. The summed E-state index contributed by atoms with van der Waals surface area (Å²) < 4.78 is 10.8. The minimum atomic E-state index is -0.104. The number of rotatable bonds is 10. The molecular formula is C10H24N2O2. The van der Waals surface area contributed by atoms with Crippen molar-refractivity contribution in [3.63, 3.8) is 0 Å². The summed E-state index contributed by atoms with van der Waals surface area (Å²) in [4.78, 5) is 0. The van der Waals surface area contributed by atoms with Crippen molar-refractivity contribution < 1.29 is 9.47 Å². The van der Waals surface area contributed by atoms with Crippen LogP contribution in [0.4, 0.5) is 0 Å². The van der Waals surface area contributed by atoms with Crippen molar-refractivity contribution in [3.8, 4) is 0 Å². The highest BCUT2D eigenvalue weighted by atomic mass is 16.7. The minimum absolute atomic E-state index is 0.104. The monoisotopic (exact) mass is 204 g/mol. The lowest BCUT2D eigenvalue weighted by molar-refractivity contribution is -0.128. The molecule has 0 rings (SSSR count). The van der Waals surface area contributed by atoms with Gasteiger partial charge in [0.2, 0.25) is 0 Å². The Kier molecular flexibility index (Phi) is 10.8. The smallest absolute Gasteiger partial charge is 0.154 e. The molecule has 0 saturated heterocycles. The first-order chi connectivity index (χ1) is 6.81. The van der Waals surface area contributed by atoms with Crippen LogP contribution in [0.15, 0.2) is 0 Å². The van der Waals surface area contributed by atoms with Gasteiger partial charge in [0.05, 0.1) is 13.2 Å². The Labute approximate surface area is 87.4 Å². The van der Waals surface area contributed by atoms with Crippen LogP contribution < -0.4 is 10.6 Å². The third kappa shape index (κ3) is 9.92. The van der Waals surface area contributed by atoms with E-state index in [-0.39, 0.29) is 6.29 Å². The summed E-state index contributed by atoms with van der Waals surface area (Å²) in [6.45, 7) is 11.2. The number of hydrogen-bond acceptors (Lipinski definition) is 4. The van der Waals surface area contributed by atoms with E-state index < -0.39 is 0 Å². The van der Waals surface area contributed by atoms with Gasteiger partial charge in [0, 0.05) is 13.1 Å². The van der Waals surface area contributed by atoms with E-state index in [1.807, 2.05) is 6.92 Å². The van der Waals surface area contributed by atoms with Gasteiger partial charge in [-0.05, 0) is 20.0 Å². The van der Waals surface area contributed by atoms with Crippen LogP contribution in [-0.4, -0.2) is 45.7 Å². The van der Waals surface area contributed by atoms with Crippen LogP contribution in [0.5, 0.6) is 0 Å². The first-order valence-corrected chi connectivity index (χ1v) is 5.45. The third-order valence-corrected chi connectivity index (χ3v) is 1.76. The van der Waals surface area contributed by atoms with Gasteiger partial charge in [0.15, 0.2) is 6.29 Å². The second kappa shape index (κ2) is 10.9. The third-order valence-electron chi connectivity index (χ3n) is 1.76. The quantitative estimate of drug-likeness (QED) is 0.403. The minimum Gasteiger partial charge on any atom is -0.352 e. The predicted octanol–water partition coefficient (Wildman–Crippen LogP) is 0.585. The number of ether oxygens (including phenoxy) is 2. The van der Waals surface area contributed by atoms with E-state index in [1.54, 1.807) is 0 Å². The molecule has 0 aromatic rings. The average molecular weight is 204 g/mol. The molecule has 0 amide bonds. The Hall–Kier alpha value is -0.160. The first kappa shape index (κ1) is 13.8. The zero-order valence-corrected chi connectivity index (χ0v) is 9.64. The van der Waals surface area contributed by atoms with E-state index in [4.69, 9.17) is 9.47 Å². The number of likely N-dealkylation sites (N-methyl/N-ethyl adjacent to an activating group) is 2. The Balaban J connectivity index is 3.07. The summed E-state index contributed by atoms with van der Waals surface area (Å²) in [5, 5.41) is 6.37. The molecule has 0 aliphatic carbocycles. The highest BCUT2D eigenvalue weighted by Crippen LogP contribution is 1.91. The van der Waals surface area contributed by atoms with Crippen LogP contribution >= 0.6 is 0 Å². The molecule has 0 atom stereocenters. The molecule has 2 N–H and O–H groups in total. The van der Waals surface area contributed by atoms with Crippen LogP contribution in [0.25, 0.3) is 0 Å². The van der Waals surface area contributed by atoms with Crippen LogP contribution in [0, 0.1) is 0 Å². The zero-order valence-electron chi connectivity index (χ0n) is 9.64. The van der Waals surface area contributed by atoms with Crippen molar-refractivity contribution in [2.24, 2.45) is 0 Å². The summed E-state index contributed by atoms with van der Waals surface area (Å²) in [5.41, 5.74) is 0.